The first kappa shape index (κ1) is 15.6. The highest BCUT2D eigenvalue weighted by atomic mass is 19.4. The highest BCUT2D eigenvalue weighted by Crippen LogP contribution is 2.37. The molecule has 1 heterocycles. The van der Waals surface area contributed by atoms with Gasteiger partial charge in [-0.15, -0.1) is 0 Å². The Morgan fingerprint density at radius 3 is 2.62 bits per heavy atom. The molecule has 1 saturated heterocycles. The van der Waals surface area contributed by atoms with E-state index in [0.717, 1.165) is 10.5 Å². The number of carbonyl (C=O) groups is 1. The van der Waals surface area contributed by atoms with Gasteiger partial charge in [-0.25, -0.2) is 4.79 Å². The number of hydrogen-bond donors (Lipinski definition) is 1. The van der Waals surface area contributed by atoms with Gasteiger partial charge in [0.15, 0.2) is 5.60 Å². The number of nitrogens with zero attached hydrogens (tertiary/aromatic N) is 1. The smallest absolute Gasteiger partial charge is 0.418 e. The SMILES string of the molecule is O=C(OCc1ccccc1)N1CCCC(O)(C(F)(F)F)C1. The van der Waals surface area contributed by atoms with E-state index >= 15 is 0 Å². The number of alkyl halides is 3. The minimum absolute atomic E-state index is 0.0133. The number of piperidine rings is 1. The third kappa shape index (κ3) is 3.66. The van der Waals surface area contributed by atoms with Crippen LogP contribution < -0.4 is 0 Å². The monoisotopic (exact) mass is 303 g/mol. The minimum atomic E-state index is -4.76. The molecule has 0 bridgehead atoms. The molecular weight excluding hydrogens is 287 g/mol. The summed E-state index contributed by atoms with van der Waals surface area (Å²) in [4.78, 5) is 12.7. The molecule has 1 aliphatic rings. The van der Waals surface area contributed by atoms with Crippen molar-refractivity contribution in [1.82, 2.24) is 4.90 Å². The van der Waals surface area contributed by atoms with E-state index in [9.17, 15) is 23.1 Å². The molecule has 0 aliphatic carbocycles. The Hall–Kier alpha value is -1.76. The lowest BCUT2D eigenvalue weighted by Gasteiger charge is -2.39. The highest BCUT2D eigenvalue weighted by molar-refractivity contribution is 5.68. The molecule has 1 unspecified atom stereocenters. The van der Waals surface area contributed by atoms with E-state index in [1.165, 1.54) is 0 Å². The van der Waals surface area contributed by atoms with Crippen LogP contribution in [0, 0.1) is 0 Å². The average Bonchev–Trinajstić information content (AvgIpc) is 2.45. The molecule has 1 aliphatic heterocycles. The van der Waals surface area contributed by atoms with Crippen LogP contribution in [-0.2, 0) is 11.3 Å². The highest BCUT2D eigenvalue weighted by Gasteiger charge is 2.56. The molecule has 0 radical (unpaired) electrons. The Labute approximate surface area is 120 Å². The second-order valence-corrected chi connectivity index (χ2v) is 5.09. The third-order valence-electron chi connectivity index (χ3n) is 3.46. The normalized spacial score (nSPS) is 23.0. The van der Waals surface area contributed by atoms with Crippen molar-refractivity contribution in [1.29, 1.82) is 0 Å². The van der Waals surface area contributed by atoms with Gasteiger partial charge in [0.05, 0.1) is 6.54 Å². The zero-order valence-electron chi connectivity index (χ0n) is 11.3. The van der Waals surface area contributed by atoms with Gasteiger partial charge in [0.2, 0.25) is 0 Å². The fourth-order valence-electron chi connectivity index (χ4n) is 2.23. The van der Waals surface area contributed by atoms with Gasteiger partial charge in [0.25, 0.3) is 0 Å². The second-order valence-electron chi connectivity index (χ2n) is 5.09. The van der Waals surface area contributed by atoms with Crippen molar-refractivity contribution in [3.8, 4) is 0 Å². The molecule has 0 spiro atoms. The molecule has 1 fully saturated rings. The number of rotatable bonds is 2. The summed E-state index contributed by atoms with van der Waals surface area (Å²) in [6.07, 6.45) is -5.93. The fraction of sp³-hybridized carbons (Fsp3) is 0.500. The van der Waals surface area contributed by atoms with Gasteiger partial charge in [0, 0.05) is 6.54 Å². The molecule has 1 amide bonds. The number of ether oxygens (including phenoxy) is 1. The van der Waals surface area contributed by atoms with E-state index in [4.69, 9.17) is 4.74 Å². The van der Waals surface area contributed by atoms with Gasteiger partial charge in [-0.1, -0.05) is 30.3 Å². The summed E-state index contributed by atoms with van der Waals surface area (Å²) >= 11 is 0. The van der Waals surface area contributed by atoms with Crippen molar-refractivity contribution >= 4 is 6.09 Å². The molecule has 2 rings (SSSR count). The lowest BCUT2D eigenvalue weighted by molar-refractivity contribution is -0.271. The fourth-order valence-corrected chi connectivity index (χ4v) is 2.23. The van der Waals surface area contributed by atoms with Gasteiger partial charge in [-0.3, -0.25) is 0 Å². The van der Waals surface area contributed by atoms with Crippen molar-refractivity contribution in [2.45, 2.75) is 31.2 Å². The molecule has 0 aromatic heterocycles. The molecule has 7 heteroatoms. The van der Waals surface area contributed by atoms with Crippen LogP contribution in [-0.4, -0.2) is 41.0 Å². The Bertz CT molecular complexity index is 492. The number of β-amino-alcohol motifs (C(OH)–C–C–N with tert-alkyl or cyclic N) is 1. The Kier molecular flexibility index (Phi) is 4.41. The first-order valence-corrected chi connectivity index (χ1v) is 6.56. The molecule has 1 aromatic rings. The zero-order valence-corrected chi connectivity index (χ0v) is 11.3. The summed E-state index contributed by atoms with van der Waals surface area (Å²) in [6.45, 7) is -0.656. The van der Waals surface area contributed by atoms with E-state index in [1.807, 2.05) is 0 Å². The summed E-state index contributed by atoms with van der Waals surface area (Å²) < 4.78 is 43.3. The topological polar surface area (TPSA) is 49.8 Å². The van der Waals surface area contributed by atoms with Crippen LogP contribution in [0.5, 0.6) is 0 Å². The lowest BCUT2D eigenvalue weighted by Crippen LogP contribution is -2.58. The first-order valence-electron chi connectivity index (χ1n) is 6.56. The molecule has 21 heavy (non-hydrogen) atoms. The van der Waals surface area contributed by atoms with Crippen LogP contribution in [0.15, 0.2) is 30.3 Å². The summed E-state index contributed by atoms with van der Waals surface area (Å²) in [5, 5.41) is 9.64. The minimum Gasteiger partial charge on any atom is -0.445 e. The standard InChI is InChI=1S/C14H16F3NO3/c15-14(16,17)13(20)7-4-8-18(10-13)12(19)21-9-11-5-2-1-3-6-11/h1-3,5-6,20H,4,7-10H2. The van der Waals surface area contributed by atoms with Crippen molar-refractivity contribution in [2.75, 3.05) is 13.1 Å². The van der Waals surface area contributed by atoms with Crippen LogP contribution in [0.1, 0.15) is 18.4 Å². The second kappa shape index (κ2) is 5.93. The molecule has 116 valence electrons. The number of aliphatic hydroxyl groups is 1. The number of halogens is 3. The van der Waals surface area contributed by atoms with Gasteiger partial charge in [-0.05, 0) is 18.4 Å². The maximum Gasteiger partial charge on any atom is 0.418 e. The predicted molar refractivity (Wildman–Crippen MR) is 68.4 cm³/mol. The van der Waals surface area contributed by atoms with Crippen molar-refractivity contribution in [3.63, 3.8) is 0 Å². The number of benzene rings is 1. The maximum absolute atomic E-state index is 12.8. The van der Waals surface area contributed by atoms with E-state index in [0.29, 0.717) is 0 Å². The summed E-state index contributed by atoms with van der Waals surface area (Å²) in [5.41, 5.74) is -2.11. The van der Waals surface area contributed by atoms with Crippen LogP contribution in [0.4, 0.5) is 18.0 Å². The molecule has 1 N–H and O–H groups in total. The number of likely N-dealkylation sites (tertiary alicyclic amines) is 1. The number of amides is 1. The Morgan fingerprint density at radius 1 is 1.33 bits per heavy atom. The van der Waals surface area contributed by atoms with Gasteiger partial charge in [0.1, 0.15) is 6.61 Å². The van der Waals surface area contributed by atoms with Crippen molar-refractivity contribution in [2.24, 2.45) is 0 Å². The summed E-state index contributed by atoms with van der Waals surface area (Å²) in [7, 11) is 0. The van der Waals surface area contributed by atoms with Gasteiger partial charge >= 0.3 is 12.3 Å². The summed E-state index contributed by atoms with van der Waals surface area (Å²) in [5.74, 6) is 0. The quantitative estimate of drug-likeness (QED) is 0.914. The average molecular weight is 303 g/mol. The van der Waals surface area contributed by atoms with Gasteiger partial charge < -0.3 is 14.7 Å². The third-order valence-corrected chi connectivity index (χ3v) is 3.46. The van der Waals surface area contributed by atoms with Crippen LogP contribution in [0.3, 0.4) is 0 Å². The van der Waals surface area contributed by atoms with E-state index in [-0.39, 0.29) is 19.6 Å². The Balaban J connectivity index is 1.94. The first-order chi connectivity index (χ1) is 9.82. The van der Waals surface area contributed by atoms with Crippen molar-refractivity contribution < 1.29 is 27.8 Å². The van der Waals surface area contributed by atoms with Crippen LogP contribution >= 0.6 is 0 Å². The lowest BCUT2D eigenvalue weighted by atomic mass is 9.92. The predicted octanol–water partition coefficient (Wildman–Crippen LogP) is 2.71. The Morgan fingerprint density at radius 2 is 2.00 bits per heavy atom. The van der Waals surface area contributed by atoms with E-state index in [2.05, 4.69) is 0 Å². The zero-order chi connectivity index (χ0) is 15.5. The largest absolute Gasteiger partial charge is 0.445 e. The van der Waals surface area contributed by atoms with Crippen molar-refractivity contribution in [3.05, 3.63) is 35.9 Å². The molecule has 1 aromatic carbocycles. The number of hydrogen-bond acceptors (Lipinski definition) is 3. The van der Waals surface area contributed by atoms with Gasteiger partial charge in [-0.2, -0.15) is 13.2 Å². The molecule has 0 saturated carbocycles. The van der Waals surface area contributed by atoms with E-state index < -0.39 is 30.8 Å². The van der Waals surface area contributed by atoms with Crippen LogP contribution in [0.25, 0.3) is 0 Å². The maximum atomic E-state index is 12.8. The molecule has 4 nitrogen and oxygen atoms in total. The van der Waals surface area contributed by atoms with E-state index in [1.54, 1.807) is 30.3 Å². The molecule has 1 atom stereocenters. The molecular formula is C14H16F3NO3. The number of carbonyl (C=O) groups excluding carboxylic acids is 1. The summed E-state index contributed by atoms with van der Waals surface area (Å²) in [6, 6.07) is 8.84. The van der Waals surface area contributed by atoms with Crippen LogP contribution in [0.2, 0.25) is 0 Å².